The molecule has 1 aliphatic rings. The van der Waals surface area contributed by atoms with Crippen LogP contribution in [0.4, 0.5) is 0 Å². The molecule has 1 aromatic carbocycles. The number of carbonyl (C=O) groups is 1. The SMILES string of the molecule is CC1(C)CC(C)(c2ccccc2)NC1=O. The lowest BCUT2D eigenvalue weighted by Crippen LogP contribution is -2.35. The molecule has 1 amide bonds. The van der Waals surface area contributed by atoms with E-state index in [-0.39, 0.29) is 16.9 Å². The monoisotopic (exact) mass is 203 g/mol. The van der Waals surface area contributed by atoms with Gasteiger partial charge in [-0.1, -0.05) is 44.2 Å². The van der Waals surface area contributed by atoms with Crippen molar-refractivity contribution in [3.8, 4) is 0 Å². The highest BCUT2D eigenvalue weighted by Gasteiger charge is 2.46. The fourth-order valence-electron chi connectivity index (χ4n) is 2.41. The molecule has 0 saturated carbocycles. The van der Waals surface area contributed by atoms with Gasteiger partial charge < -0.3 is 5.32 Å². The van der Waals surface area contributed by atoms with Crippen molar-refractivity contribution < 1.29 is 4.79 Å². The minimum atomic E-state index is -0.259. The van der Waals surface area contributed by atoms with Gasteiger partial charge in [0, 0.05) is 5.41 Å². The molecular weight excluding hydrogens is 186 g/mol. The minimum Gasteiger partial charge on any atom is -0.346 e. The van der Waals surface area contributed by atoms with E-state index in [1.807, 2.05) is 32.0 Å². The second kappa shape index (κ2) is 3.09. The van der Waals surface area contributed by atoms with E-state index in [9.17, 15) is 4.79 Å². The second-order valence-corrected chi connectivity index (χ2v) is 5.21. The number of amides is 1. The van der Waals surface area contributed by atoms with Gasteiger partial charge in [-0.3, -0.25) is 4.79 Å². The Morgan fingerprint density at radius 3 is 2.20 bits per heavy atom. The predicted octanol–water partition coefficient (Wildman–Crippen LogP) is 2.45. The Morgan fingerprint density at radius 2 is 1.73 bits per heavy atom. The van der Waals surface area contributed by atoms with Crippen molar-refractivity contribution in [3.05, 3.63) is 35.9 Å². The Kier molecular flexibility index (Phi) is 2.10. The van der Waals surface area contributed by atoms with E-state index >= 15 is 0 Å². The molecule has 1 unspecified atom stereocenters. The van der Waals surface area contributed by atoms with Crippen LogP contribution in [0.1, 0.15) is 32.8 Å². The topological polar surface area (TPSA) is 29.1 Å². The van der Waals surface area contributed by atoms with E-state index in [0.29, 0.717) is 0 Å². The maximum atomic E-state index is 11.8. The van der Waals surface area contributed by atoms with Crippen LogP contribution >= 0.6 is 0 Å². The quantitative estimate of drug-likeness (QED) is 0.746. The first-order valence-electron chi connectivity index (χ1n) is 5.32. The van der Waals surface area contributed by atoms with Gasteiger partial charge in [0.1, 0.15) is 0 Å². The smallest absolute Gasteiger partial charge is 0.226 e. The lowest BCUT2D eigenvalue weighted by molar-refractivity contribution is -0.126. The molecule has 15 heavy (non-hydrogen) atoms. The molecule has 1 N–H and O–H groups in total. The highest BCUT2D eigenvalue weighted by molar-refractivity contribution is 5.85. The summed E-state index contributed by atoms with van der Waals surface area (Å²) >= 11 is 0. The maximum absolute atomic E-state index is 11.8. The van der Waals surface area contributed by atoms with Crippen LogP contribution in [0.25, 0.3) is 0 Å². The van der Waals surface area contributed by atoms with Gasteiger partial charge in [-0.2, -0.15) is 0 Å². The molecule has 1 saturated heterocycles. The lowest BCUT2D eigenvalue weighted by atomic mass is 9.81. The van der Waals surface area contributed by atoms with Crippen molar-refractivity contribution in [1.29, 1.82) is 0 Å². The summed E-state index contributed by atoms with van der Waals surface area (Å²) in [6, 6.07) is 10.2. The molecule has 1 aromatic rings. The minimum absolute atomic E-state index is 0.147. The van der Waals surface area contributed by atoms with Crippen molar-refractivity contribution in [2.24, 2.45) is 5.41 Å². The Hall–Kier alpha value is -1.31. The van der Waals surface area contributed by atoms with Crippen LogP contribution in [0.5, 0.6) is 0 Å². The van der Waals surface area contributed by atoms with E-state index in [2.05, 4.69) is 24.4 Å². The summed E-state index contributed by atoms with van der Waals surface area (Å²) in [5, 5.41) is 3.10. The molecule has 0 bridgehead atoms. The summed E-state index contributed by atoms with van der Waals surface area (Å²) in [7, 11) is 0. The number of carbonyl (C=O) groups excluding carboxylic acids is 1. The Bertz CT molecular complexity index is 383. The fourth-order valence-corrected chi connectivity index (χ4v) is 2.41. The molecule has 0 aromatic heterocycles. The van der Waals surface area contributed by atoms with E-state index in [1.54, 1.807) is 0 Å². The van der Waals surface area contributed by atoms with E-state index in [1.165, 1.54) is 5.56 Å². The molecule has 2 nitrogen and oxygen atoms in total. The third kappa shape index (κ3) is 1.65. The molecule has 80 valence electrons. The molecule has 0 spiro atoms. The van der Waals surface area contributed by atoms with Crippen LogP contribution in [-0.4, -0.2) is 5.91 Å². The van der Waals surface area contributed by atoms with Crippen LogP contribution < -0.4 is 5.32 Å². The average Bonchev–Trinajstić information content (AvgIpc) is 2.38. The molecule has 0 radical (unpaired) electrons. The summed E-state index contributed by atoms with van der Waals surface area (Å²) < 4.78 is 0. The maximum Gasteiger partial charge on any atom is 0.226 e. The first-order valence-corrected chi connectivity index (χ1v) is 5.32. The molecule has 2 heteroatoms. The number of hydrogen-bond acceptors (Lipinski definition) is 1. The number of benzene rings is 1. The molecule has 1 aliphatic heterocycles. The number of rotatable bonds is 1. The molecule has 1 fully saturated rings. The van der Waals surface area contributed by atoms with Gasteiger partial charge in [-0.15, -0.1) is 0 Å². The molecule has 1 heterocycles. The highest BCUT2D eigenvalue weighted by atomic mass is 16.2. The molecule has 0 aliphatic carbocycles. The van der Waals surface area contributed by atoms with Crippen LogP contribution in [0.15, 0.2) is 30.3 Å². The third-order valence-electron chi connectivity index (χ3n) is 3.21. The Morgan fingerprint density at radius 1 is 1.13 bits per heavy atom. The van der Waals surface area contributed by atoms with Crippen molar-refractivity contribution in [3.63, 3.8) is 0 Å². The van der Waals surface area contributed by atoms with Gasteiger partial charge in [0.05, 0.1) is 5.54 Å². The van der Waals surface area contributed by atoms with Crippen molar-refractivity contribution in [2.75, 3.05) is 0 Å². The number of hydrogen-bond donors (Lipinski definition) is 1. The van der Waals surface area contributed by atoms with Crippen molar-refractivity contribution in [2.45, 2.75) is 32.7 Å². The van der Waals surface area contributed by atoms with Gasteiger partial charge in [-0.05, 0) is 18.9 Å². The lowest BCUT2D eigenvalue weighted by Gasteiger charge is -2.25. The predicted molar refractivity (Wildman–Crippen MR) is 60.3 cm³/mol. The van der Waals surface area contributed by atoms with Gasteiger partial charge in [-0.25, -0.2) is 0 Å². The zero-order valence-corrected chi connectivity index (χ0v) is 9.50. The summed E-state index contributed by atoms with van der Waals surface area (Å²) in [6.07, 6.45) is 0.850. The first kappa shape index (κ1) is 10.2. The van der Waals surface area contributed by atoms with E-state index < -0.39 is 0 Å². The van der Waals surface area contributed by atoms with E-state index in [4.69, 9.17) is 0 Å². The van der Waals surface area contributed by atoms with Crippen LogP contribution in [0.2, 0.25) is 0 Å². The fraction of sp³-hybridized carbons (Fsp3) is 0.462. The van der Waals surface area contributed by atoms with Gasteiger partial charge >= 0.3 is 0 Å². The number of nitrogens with one attached hydrogen (secondary N) is 1. The van der Waals surface area contributed by atoms with Crippen LogP contribution in [0.3, 0.4) is 0 Å². The van der Waals surface area contributed by atoms with E-state index in [0.717, 1.165) is 6.42 Å². The molecular formula is C13H17NO. The summed E-state index contributed by atoms with van der Waals surface area (Å²) in [5.74, 6) is 0.147. The van der Waals surface area contributed by atoms with Crippen molar-refractivity contribution in [1.82, 2.24) is 5.32 Å². The second-order valence-electron chi connectivity index (χ2n) is 5.21. The largest absolute Gasteiger partial charge is 0.346 e. The Balaban J connectivity index is 2.36. The highest BCUT2D eigenvalue weighted by Crippen LogP contribution is 2.40. The van der Waals surface area contributed by atoms with Crippen molar-refractivity contribution >= 4 is 5.91 Å². The molecule has 1 atom stereocenters. The summed E-state index contributed by atoms with van der Waals surface area (Å²) in [4.78, 5) is 11.8. The summed E-state index contributed by atoms with van der Waals surface area (Å²) in [5.41, 5.74) is 0.718. The van der Waals surface area contributed by atoms with Crippen LogP contribution in [-0.2, 0) is 10.3 Å². The van der Waals surface area contributed by atoms with Gasteiger partial charge in [0.15, 0.2) is 0 Å². The Labute approximate surface area is 90.7 Å². The first-order chi connectivity index (χ1) is 6.94. The molecule has 2 rings (SSSR count). The normalized spacial score (nSPS) is 28.9. The average molecular weight is 203 g/mol. The zero-order valence-electron chi connectivity index (χ0n) is 9.50. The third-order valence-corrected chi connectivity index (χ3v) is 3.21. The van der Waals surface area contributed by atoms with Crippen LogP contribution in [0, 0.1) is 5.41 Å². The van der Waals surface area contributed by atoms with Gasteiger partial charge in [0.25, 0.3) is 0 Å². The zero-order chi connectivity index (χ0) is 11.1. The standard InChI is InChI=1S/C13H17NO/c1-12(2)9-13(3,14-11(12)15)10-7-5-4-6-8-10/h4-8H,9H2,1-3H3,(H,14,15). The summed E-state index contributed by atoms with van der Waals surface area (Å²) in [6.45, 7) is 6.09. The van der Waals surface area contributed by atoms with Gasteiger partial charge in [0.2, 0.25) is 5.91 Å².